The third-order valence-electron chi connectivity index (χ3n) is 3.16. The second-order valence-electron chi connectivity index (χ2n) is 5.12. The number of halogens is 2. The van der Waals surface area contributed by atoms with Crippen molar-refractivity contribution in [1.29, 1.82) is 0 Å². The van der Waals surface area contributed by atoms with Crippen molar-refractivity contribution in [2.75, 3.05) is 14.2 Å². The van der Waals surface area contributed by atoms with Gasteiger partial charge in [0.1, 0.15) is 22.8 Å². The molecule has 1 aromatic rings. The van der Waals surface area contributed by atoms with E-state index in [4.69, 9.17) is 0 Å². The molecule has 1 heterocycles. The number of aromatic nitrogens is 1. The van der Waals surface area contributed by atoms with Crippen LogP contribution in [0.3, 0.4) is 0 Å². The van der Waals surface area contributed by atoms with Crippen LogP contribution >= 0.6 is 31.9 Å². The number of hydrogen-bond donors (Lipinski definition) is 2. The number of amides is 2. The molecule has 0 aliphatic carbocycles. The Bertz CT molecular complexity index is 804. The molecule has 0 saturated heterocycles. The van der Waals surface area contributed by atoms with Crippen LogP contribution < -0.4 is 10.6 Å². The van der Waals surface area contributed by atoms with Crippen molar-refractivity contribution in [2.45, 2.75) is 13.8 Å². The number of carbonyl (C=O) groups excluding carboxylic acids is 4. The largest absolute Gasteiger partial charge is 0.464 e. The number of nitrogens with one attached hydrogen (secondary N) is 2. The van der Waals surface area contributed by atoms with Crippen LogP contribution in [0.5, 0.6) is 0 Å². The van der Waals surface area contributed by atoms with Gasteiger partial charge in [-0.15, -0.1) is 0 Å². The van der Waals surface area contributed by atoms with E-state index in [1.165, 1.54) is 32.4 Å². The second-order valence-corrected chi connectivity index (χ2v) is 7.50. The Morgan fingerprint density at radius 3 is 1.46 bits per heavy atom. The van der Waals surface area contributed by atoms with Crippen LogP contribution in [0.2, 0.25) is 0 Å². The summed E-state index contributed by atoms with van der Waals surface area (Å²) in [6.07, 6.45) is 0. The van der Waals surface area contributed by atoms with E-state index in [-0.39, 0.29) is 22.8 Å². The first kappa shape index (κ1) is 23.5. The maximum Gasteiger partial charge on any atom is 0.355 e. The Kier molecular flexibility index (Phi) is 9.00. The molecule has 28 heavy (non-hydrogen) atoms. The summed E-state index contributed by atoms with van der Waals surface area (Å²) in [5, 5.41) is 4.74. The van der Waals surface area contributed by atoms with Crippen molar-refractivity contribution in [3.8, 4) is 0 Å². The van der Waals surface area contributed by atoms with Gasteiger partial charge in [-0.1, -0.05) is 37.9 Å². The van der Waals surface area contributed by atoms with Crippen LogP contribution in [0.1, 0.15) is 34.8 Å². The lowest BCUT2D eigenvalue weighted by Crippen LogP contribution is -2.31. The molecule has 1 rings (SSSR count). The molecule has 0 saturated carbocycles. The molecule has 0 radical (unpaired) electrons. The maximum absolute atomic E-state index is 12.4. The van der Waals surface area contributed by atoms with Crippen LogP contribution in [-0.4, -0.2) is 43.0 Å². The van der Waals surface area contributed by atoms with Crippen molar-refractivity contribution >= 4 is 55.6 Å². The van der Waals surface area contributed by atoms with Gasteiger partial charge in [-0.3, -0.25) is 9.59 Å². The number of ether oxygens (including phenoxy) is 2. The van der Waals surface area contributed by atoms with Gasteiger partial charge in [-0.25, -0.2) is 14.6 Å². The molecular formula is C17H17Br2N3O6. The second kappa shape index (κ2) is 10.7. The fraction of sp³-hybridized carbons (Fsp3) is 0.235. The van der Waals surface area contributed by atoms with Gasteiger partial charge in [-0.2, -0.15) is 0 Å². The minimum atomic E-state index is -0.753. The Hall–Kier alpha value is -2.53. The topological polar surface area (TPSA) is 124 Å². The molecule has 0 aliphatic heterocycles. The average molecular weight is 519 g/mol. The molecule has 0 bridgehead atoms. The van der Waals surface area contributed by atoms with Crippen LogP contribution in [-0.2, 0) is 19.1 Å². The van der Waals surface area contributed by atoms with E-state index in [9.17, 15) is 19.2 Å². The van der Waals surface area contributed by atoms with Gasteiger partial charge in [0.2, 0.25) is 0 Å². The Morgan fingerprint density at radius 1 is 0.821 bits per heavy atom. The molecule has 2 amide bonds. The summed E-state index contributed by atoms with van der Waals surface area (Å²) in [5.74, 6) is -2.96. The van der Waals surface area contributed by atoms with Gasteiger partial charge in [0.05, 0.1) is 14.2 Å². The molecule has 0 aromatic carbocycles. The highest BCUT2D eigenvalue weighted by Crippen LogP contribution is 2.12. The van der Waals surface area contributed by atoms with E-state index < -0.39 is 23.8 Å². The first-order valence-electron chi connectivity index (χ1n) is 7.61. The third kappa shape index (κ3) is 6.27. The summed E-state index contributed by atoms with van der Waals surface area (Å²) < 4.78 is 9.88. The van der Waals surface area contributed by atoms with E-state index in [1.807, 2.05) is 0 Å². The number of rotatable bonds is 6. The van der Waals surface area contributed by atoms with Gasteiger partial charge in [0, 0.05) is 8.96 Å². The standard InChI is InChI=1S/C17H17Br2N3O6/c1-8(18)12(16(25)27-3)21-14(23)10-6-5-7-11(20-10)15(24)22-13(9(2)19)17(26)28-4/h5-7H,1-4H3,(H,21,23)(H,22,24)/b12-8+,13-9+. The lowest BCUT2D eigenvalue weighted by molar-refractivity contribution is -0.137. The van der Waals surface area contributed by atoms with Crippen LogP contribution in [0.15, 0.2) is 38.6 Å². The molecule has 2 N–H and O–H groups in total. The van der Waals surface area contributed by atoms with Gasteiger partial charge in [0.15, 0.2) is 0 Å². The summed E-state index contributed by atoms with van der Waals surface area (Å²) in [6, 6.07) is 4.15. The highest BCUT2D eigenvalue weighted by molar-refractivity contribution is 9.12. The van der Waals surface area contributed by atoms with E-state index in [0.717, 1.165) is 0 Å². The normalized spacial score (nSPS) is 12.2. The fourth-order valence-electron chi connectivity index (χ4n) is 1.80. The zero-order valence-electron chi connectivity index (χ0n) is 15.4. The minimum absolute atomic E-state index is 0.102. The molecule has 11 heteroatoms. The van der Waals surface area contributed by atoms with Crippen LogP contribution in [0.25, 0.3) is 0 Å². The van der Waals surface area contributed by atoms with Gasteiger partial charge >= 0.3 is 11.9 Å². The van der Waals surface area contributed by atoms with Crippen molar-refractivity contribution in [2.24, 2.45) is 0 Å². The van der Waals surface area contributed by atoms with Crippen molar-refractivity contribution in [1.82, 2.24) is 15.6 Å². The quantitative estimate of drug-likeness (QED) is 0.436. The lowest BCUT2D eigenvalue weighted by Gasteiger charge is -2.11. The molecule has 0 atom stereocenters. The van der Waals surface area contributed by atoms with Crippen molar-refractivity contribution < 1.29 is 28.7 Å². The summed E-state index contributed by atoms with van der Waals surface area (Å²) in [4.78, 5) is 52.1. The van der Waals surface area contributed by atoms with Gasteiger partial charge < -0.3 is 20.1 Å². The minimum Gasteiger partial charge on any atom is -0.464 e. The summed E-state index contributed by atoms with van der Waals surface area (Å²) in [7, 11) is 2.35. The highest BCUT2D eigenvalue weighted by Gasteiger charge is 2.21. The molecule has 0 unspecified atom stereocenters. The summed E-state index contributed by atoms with van der Waals surface area (Å²) in [5.41, 5.74) is -0.450. The molecular weight excluding hydrogens is 502 g/mol. The van der Waals surface area contributed by atoms with Gasteiger partial charge in [-0.05, 0) is 26.0 Å². The molecule has 0 spiro atoms. The third-order valence-corrected chi connectivity index (χ3v) is 3.95. The smallest absolute Gasteiger partial charge is 0.355 e. The Labute approximate surface area is 177 Å². The van der Waals surface area contributed by atoms with E-state index in [0.29, 0.717) is 8.96 Å². The van der Waals surface area contributed by atoms with Crippen molar-refractivity contribution in [3.63, 3.8) is 0 Å². The molecule has 0 aliphatic rings. The zero-order valence-corrected chi connectivity index (χ0v) is 18.6. The summed E-state index contributed by atoms with van der Waals surface area (Å²) >= 11 is 6.22. The average Bonchev–Trinajstić information content (AvgIpc) is 2.68. The number of methoxy groups -OCH3 is 2. The maximum atomic E-state index is 12.4. The van der Waals surface area contributed by atoms with E-state index >= 15 is 0 Å². The van der Waals surface area contributed by atoms with Gasteiger partial charge in [0.25, 0.3) is 11.8 Å². The molecule has 1 aromatic heterocycles. The fourth-order valence-corrected chi connectivity index (χ4v) is 2.32. The van der Waals surface area contributed by atoms with Crippen LogP contribution in [0, 0.1) is 0 Å². The van der Waals surface area contributed by atoms with E-state index in [2.05, 4.69) is 57.0 Å². The highest BCUT2D eigenvalue weighted by atomic mass is 79.9. The zero-order chi connectivity index (χ0) is 21.4. The molecule has 9 nitrogen and oxygen atoms in total. The predicted molar refractivity (Wildman–Crippen MR) is 106 cm³/mol. The Morgan fingerprint density at radius 2 is 1.18 bits per heavy atom. The van der Waals surface area contributed by atoms with Crippen molar-refractivity contribution in [3.05, 3.63) is 49.9 Å². The van der Waals surface area contributed by atoms with Crippen LogP contribution in [0.4, 0.5) is 0 Å². The molecule has 150 valence electrons. The number of hydrogen-bond acceptors (Lipinski definition) is 7. The lowest BCUT2D eigenvalue weighted by atomic mass is 10.2. The number of pyridine rings is 1. The number of carbonyl (C=O) groups is 4. The first-order chi connectivity index (χ1) is 13.1. The SMILES string of the molecule is COC(=O)/C(NC(=O)c1cccc(C(=O)N/C(C(=O)OC)=C(\C)Br)n1)=C(/C)Br. The number of nitrogens with zero attached hydrogens (tertiary/aromatic N) is 1. The monoisotopic (exact) mass is 517 g/mol. The summed E-state index contributed by atoms with van der Waals surface area (Å²) in [6.45, 7) is 3.10. The van der Waals surface area contributed by atoms with E-state index in [1.54, 1.807) is 13.8 Å². The molecule has 0 fully saturated rings. The predicted octanol–water partition coefficient (Wildman–Crippen LogP) is 2.14. The first-order valence-corrected chi connectivity index (χ1v) is 9.20. The number of esters is 2. The number of allylic oxidation sites excluding steroid dienone is 2. The Balaban J connectivity index is 3.09.